The minimum absolute atomic E-state index is 0. The van der Waals surface area contributed by atoms with Crippen LogP contribution in [0.2, 0.25) is 0 Å². The first-order valence-corrected chi connectivity index (χ1v) is 7.45. The van der Waals surface area contributed by atoms with Gasteiger partial charge in [-0.3, -0.25) is 9.59 Å². The third-order valence-electron chi connectivity index (χ3n) is 4.24. The number of carbonyl (C=O) groups excluding carboxylic acids is 2. The molecule has 0 bridgehead atoms. The molecule has 0 fully saturated rings. The molecule has 0 spiro atoms. The Hall–Kier alpha value is -1.94. The van der Waals surface area contributed by atoms with Crippen LogP contribution in [0.4, 0.5) is 0 Å². The minimum Gasteiger partial charge on any atom is -0.543 e. The van der Waals surface area contributed by atoms with Crippen molar-refractivity contribution >= 4 is 44.5 Å². The summed E-state index contributed by atoms with van der Waals surface area (Å²) in [6.45, 7) is 0. The van der Waals surface area contributed by atoms with Gasteiger partial charge in [0.1, 0.15) is 0 Å². The smallest absolute Gasteiger partial charge is 0.543 e. The number of nitrogens with one attached hydrogen (secondary N) is 2. The summed E-state index contributed by atoms with van der Waals surface area (Å²) in [5, 5.41) is 23.6. The van der Waals surface area contributed by atoms with Crippen LogP contribution in [0.3, 0.4) is 0 Å². The van der Waals surface area contributed by atoms with Gasteiger partial charge in [-0.25, -0.2) is 0 Å². The van der Waals surface area contributed by atoms with Crippen LogP contribution in [-0.2, 0) is 0 Å². The van der Waals surface area contributed by atoms with Crippen LogP contribution in [0.5, 0.6) is 0 Å². The van der Waals surface area contributed by atoms with Gasteiger partial charge < -0.3 is 29.8 Å². The van der Waals surface area contributed by atoms with E-state index in [9.17, 15) is 29.4 Å². The third-order valence-corrected chi connectivity index (χ3v) is 4.24. The second-order valence-electron chi connectivity index (χ2n) is 5.74. The van der Waals surface area contributed by atoms with Gasteiger partial charge in [-0.1, -0.05) is 12.1 Å². The molecule has 28 heavy (non-hydrogen) atoms. The number of aromatic carboxylic acids is 2. The first kappa shape index (κ1) is 22.4. The predicted octanol–water partition coefficient (Wildman–Crippen LogP) is -6.74. The fraction of sp³-hybridized carbons (Fsp3) is 0. The fourth-order valence-corrected chi connectivity index (χ4v) is 3.06. The number of hydrogen-bond donors (Lipinski definition) is 2. The average molecular weight is 394 g/mol. The standard InChI is InChI=1S/C18H10N2O6.2Na/c21-13-5-12(18(25)26)20-16-8-2-4-10-14(22)6-11(17(23)24)19-15(10)7(8)1-3-9(13)16;;/h1-6H,(H,19,22)(H,20,21)(H,23,24)(H,25,26);;/q;2*+1/p-2. The summed E-state index contributed by atoms with van der Waals surface area (Å²) in [7, 11) is 0. The number of fused-ring (bicyclic) bond motifs is 5. The molecule has 4 aromatic rings. The van der Waals surface area contributed by atoms with Crippen molar-refractivity contribution in [3.63, 3.8) is 0 Å². The number of benzene rings is 2. The molecule has 0 aliphatic carbocycles. The van der Waals surface area contributed by atoms with Crippen molar-refractivity contribution in [2.75, 3.05) is 0 Å². The van der Waals surface area contributed by atoms with Crippen molar-refractivity contribution in [2.24, 2.45) is 0 Å². The molecule has 2 heterocycles. The molecule has 2 N–H and O–H groups in total. The maximum Gasteiger partial charge on any atom is 1.00 e. The first-order chi connectivity index (χ1) is 12.4. The van der Waals surface area contributed by atoms with Crippen molar-refractivity contribution in [1.29, 1.82) is 0 Å². The van der Waals surface area contributed by atoms with Crippen molar-refractivity contribution in [1.82, 2.24) is 9.97 Å². The number of aromatic amines is 2. The molecular formula is C18H8N2Na2O6. The first-order valence-electron chi connectivity index (χ1n) is 7.45. The number of H-pyrrole nitrogens is 2. The zero-order valence-corrected chi connectivity index (χ0v) is 18.9. The van der Waals surface area contributed by atoms with E-state index in [0.717, 1.165) is 12.1 Å². The Morgan fingerprint density at radius 2 is 0.964 bits per heavy atom. The van der Waals surface area contributed by atoms with Crippen molar-refractivity contribution in [2.45, 2.75) is 0 Å². The van der Waals surface area contributed by atoms with Gasteiger partial charge in [-0.15, -0.1) is 0 Å². The van der Waals surface area contributed by atoms with Crippen molar-refractivity contribution in [3.8, 4) is 0 Å². The Kier molecular flexibility index (Phi) is 6.55. The molecule has 0 aliphatic heterocycles. The summed E-state index contributed by atoms with van der Waals surface area (Å²) in [4.78, 5) is 51.8. The van der Waals surface area contributed by atoms with Gasteiger partial charge in [0.2, 0.25) is 0 Å². The van der Waals surface area contributed by atoms with Gasteiger partial charge in [-0.2, -0.15) is 0 Å². The van der Waals surface area contributed by atoms with Gasteiger partial charge in [0.25, 0.3) is 0 Å². The molecule has 0 saturated heterocycles. The normalized spacial score (nSPS) is 10.4. The fourth-order valence-electron chi connectivity index (χ4n) is 3.06. The molecule has 0 aliphatic rings. The van der Waals surface area contributed by atoms with Crippen LogP contribution < -0.4 is 80.2 Å². The Morgan fingerprint density at radius 1 is 0.643 bits per heavy atom. The van der Waals surface area contributed by atoms with E-state index in [2.05, 4.69) is 9.97 Å². The molecule has 8 nitrogen and oxygen atoms in total. The van der Waals surface area contributed by atoms with Gasteiger partial charge in [0, 0.05) is 33.7 Å². The summed E-state index contributed by atoms with van der Waals surface area (Å²) in [5.41, 5.74) is -1.28. The number of pyridine rings is 2. The summed E-state index contributed by atoms with van der Waals surface area (Å²) < 4.78 is 0. The van der Waals surface area contributed by atoms with Crippen molar-refractivity contribution in [3.05, 3.63) is 68.2 Å². The van der Waals surface area contributed by atoms with Crippen LogP contribution in [-0.4, -0.2) is 21.9 Å². The molecule has 4 rings (SSSR count). The molecule has 0 radical (unpaired) electrons. The molecule has 10 heteroatoms. The average Bonchev–Trinajstić information content (AvgIpc) is 2.60. The summed E-state index contributed by atoms with van der Waals surface area (Å²) in [6.07, 6.45) is 0. The van der Waals surface area contributed by atoms with Gasteiger partial charge in [-0.05, 0) is 12.1 Å². The Bertz CT molecular complexity index is 1280. The van der Waals surface area contributed by atoms with Crippen LogP contribution in [0, 0.1) is 0 Å². The molecule has 2 aromatic carbocycles. The van der Waals surface area contributed by atoms with Gasteiger partial charge >= 0.3 is 59.1 Å². The van der Waals surface area contributed by atoms with E-state index >= 15 is 0 Å². The maximum atomic E-state index is 12.2. The van der Waals surface area contributed by atoms with E-state index in [1.54, 1.807) is 12.1 Å². The van der Waals surface area contributed by atoms with E-state index in [4.69, 9.17) is 0 Å². The largest absolute Gasteiger partial charge is 1.00 e. The third kappa shape index (κ3) is 3.55. The molecule has 0 amide bonds. The second kappa shape index (κ2) is 8.20. The Balaban J connectivity index is 0.00000140. The van der Waals surface area contributed by atoms with Gasteiger partial charge in [0.15, 0.2) is 10.9 Å². The quantitative estimate of drug-likeness (QED) is 0.255. The topological polar surface area (TPSA) is 146 Å². The summed E-state index contributed by atoms with van der Waals surface area (Å²) >= 11 is 0. The molecule has 0 atom stereocenters. The number of aromatic nitrogens is 2. The van der Waals surface area contributed by atoms with E-state index in [0.29, 0.717) is 10.8 Å². The molecular weight excluding hydrogens is 386 g/mol. The predicted molar refractivity (Wildman–Crippen MR) is 88.9 cm³/mol. The van der Waals surface area contributed by atoms with Crippen molar-refractivity contribution < 1.29 is 78.9 Å². The minimum atomic E-state index is -1.53. The number of rotatable bonds is 2. The number of carboxylic acids is 2. The van der Waals surface area contributed by atoms with E-state index < -0.39 is 22.8 Å². The van der Waals surface area contributed by atoms with Crippen LogP contribution in [0.1, 0.15) is 21.0 Å². The van der Waals surface area contributed by atoms with E-state index in [1.807, 2.05) is 0 Å². The number of hydrogen-bond acceptors (Lipinski definition) is 6. The Labute approximate surface area is 200 Å². The summed E-state index contributed by atoms with van der Waals surface area (Å²) in [5.74, 6) is -3.07. The molecule has 128 valence electrons. The zero-order valence-electron chi connectivity index (χ0n) is 14.9. The maximum absolute atomic E-state index is 12.2. The van der Waals surface area contributed by atoms with E-state index in [1.165, 1.54) is 12.1 Å². The SMILES string of the molecule is O=C([O-])c1cc(=O)c2ccc3c(ccc4c(=O)cc(C(=O)[O-])[nH]c43)c2[nH]1.[Na+].[Na+]. The Morgan fingerprint density at radius 3 is 1.29 bits per heavy atom. The zero-order chi connectivity index (χ0) is 18.6. The van der Waals surface area contributed by atoms with Crippen LogP contribution >= 0.6 is 0 Å². The van der Waals surface area contributed by atoms with Crippen LogP contribution in [0.15, 0.2) is 46.0 Å². The number of carbonyl (C=O) groups is 2. The monoisotopic (exact) mass is 394 g/mol. The molecule has 0 saturated carbocycles. The summed E-state index contributed by atoms with van der Waals surface area (Å²) in [6, 6.07) is 7.92. The second-order valence-corrected chi connectivity index (χ2v) is 5.74. The molecule has 2 aromatic heterocycles. The van der Waals surface area contributed by atoms with E-state index in [-0.39, 0.29) is 92.3 Å². The van der Waals surface area contributed by atoms with Gasteiger partial charge in [0.05, 0.1) is 34.4 Å². The number of carboxylic acid groups (broad SMARTS) is 2. The molecule has 0 unspecified atom stereocenters. The van der Waals surface area contributed by atoms with Crippen LogP contribution in [0.25, 0.3) is 32.6 Å².